The smallest absolute Gasteiger partial charge is 0.254 e. The number of nitrogens with one attached hydrogen (secondary N) is 1. The van der Waals surface area contributed by atoms with Crippen molar-refractivity contribution in [2.45, 2.75) is 19.0 Å². The number of para-hydroxylation sites is 1. The van der Waals surface area contributed by atoms with E-state index < -0.39 is 6.04 Å². The fourth-order valence-electron chi connectivity index (χ4n) is 5.03. The Kier molecular flexibility index (Phi) is 5.80. The minimum Gasteiger partial charge on any atom is -0.497 e. The predicted molar refractivity (Wildman–Crippen MR) is 140 cm³/mol. The second-order valence-electron chi connectivity index (χ2n) is 9.02. The van der Waals surface area contributed by atoms with E-state index >= 15 is 0 Å². The molecule has 5 aromatic rings. The molecule has 3 heterocycles. The van der Waals surface area contributed by atoms with Crippen LogP contribution in [0.1, 0.15) is 28.6 Å². The number of methoxy groups -OCH3 is 2. The van der Waals surface area contributed by atoms with Crippen molar-refractivity contribution in [1.29, 1.82) is 0 Å². The van der Waals surface area contributed by atoms with Crippen LogP contribution in [0.2, 0.25) is 0 Å². The Balaban J connectivity index is 1.48. The summed E-state index contributed by atoms with van der Waals surface area (Å²) < 4.78 is 12.4. The maximum atomic E-state index is 13.6. The van der Waals surface area contributed by atoms with Gasteiger partial charge in [-0.2, -0.15) is 0 Å². The molecule has 0 aliphatic carbocycles. The van der Waals surface area contributed by atoms with Gasteiger partial charge in [0, 0.05) is 23.9 Å². The Hall–Kier alpha value is -4.66. The lowest BCUT2D eigenvalue weighted by Crippen LogP contribution is -2.34. The molecule has 1 aliphatic rings. The van der Waals surface area contributed by atoms with E-state index in [0.29, 0.717) is 29.2 Å². The molecule has 0 fully saturated rings. The third-order valence-electron chi connectivity index (χ3n) is 6.91. The van der Waals surface area contributed by atoms with Crippen LogP contribution < -0.4 is 19.9 Å². The van der Waals surface area contributed by atoms with Crippen molar-refractivity contribution >= 4 is 16.6 Å². The molecule has 0 bridgehead atoms. The minimum absolute atomic E-state index is 0.186. The van der Waals surface area contributed by atoms with Gasteiger partial charge in [0.05, 0.1) is 26.3 Å². The molecule has 1 N–H and O–H groups in total. The third kappa shape index (κ3) is 4.18. The summed E-state index contributed by atoms with van der Waals surface area (Å²) in [5.74, 6) is 2.07. The van der Waals surface area contributed by atoms with E-state index in [4.69, 9.17) is 9.47 Å². The average molecular weight is 495 g/mol. The molecule has 9 heteroatoms. The largest absolute Gasteiger partial charge is 0.497 e. The SMILES string of the molecule is COc1ccc(Cn2nnnc2C(c2cc3ccc(OC)cc3[nH]c2=O)N2CCc3ccccc32)cc1. The summed E-state index contributed by atoms with van der Waals surface area (Å²) in [5, 5.41) is 13.7. The number of hydrogen-bond donors (Lipinski definition) is 1. The van der Waals surface area contributed by atoms with Gasteiger partial charge in [0.2, 0.25) is 0 Å². The first-order valence-electron chi connectivity index (χ1n) is 12.1. The van der Waals surface area contributed by atoms with E-state index in [1.54, 1.807) is 18.9 Å². The van der Waals surface area contributed by atoms with Crippen LogP contribution in [0.5, 0.6) is 11.5 Å². The van der Waals surface area contributed by atoms with Crippen LogP contribution in [0.15, 0.2) is 77.6 Å². The summed E-state index contributed by atoms with van der Waals surface area (Å²) >= 11 is 0. The van der Waals surface area contributed by atoms with Gasteiger partial charge in [-0.25, -0.2) is 4.68 Å². The molecule has 0 amide bonds. The van der Waals surface area contributed by atoms with Crippen LogP contribution in [0.3, 0.4) is 0 Å². The zero-order chi connectivity index (χ0) is 25.4. The highest BCUT2D eigenvalue weighted by Crippen LogP contribution is 2.37. The topological polar surface area (TPSA) is 98.2 Å². The number of aromatic amines is 1. The Morgan fingerprint density at radius 2 is 1.76 bits per heavy atom. The standard InChI is InChI=1S/C28H26N6O3/c1-36-21-10-7-18(8-11-21)17-34-27(30-31-32-34)26(33-14-13-19-5-3-4-6-25(19)33)23-15-20-9-12-22(37-2)16-24(20)29-28(23)35/h3-12,15-16,26H,13-14,17H2,1-2H3,(H,29,35). The molecule has 6 rings (SSSR count). The van der Waals surface area contributed by atoms with E-state index in [0.717, 1.165) is 35.4 Å². The molecular weight excluding hydrogens is 468 g/mol. The second kappa shape index (κ2) is 9.42. The van der Waals surface area contributed by atoms with E-state index in [-0.39, 0.29) is 5.56 Å². The average Bonchev–Trinajstić information content (AvgIpc) is 3.57. The highest BCUT2D eigenvalue weighted by atomic mass is 16.5. The number of rotatable bonds is 7. The Labute approximate surface area is 213 Å². The molecule has 1 atom stereocenters. The first-order chi connectivity index (χ1) is 18.1. The number of anilines is 1. The molecular formula is C28H26N6O3. The van der Waals surface area contributed by atoms with Crippen molar-refractivity contribution < 1.29 is 9.47 Å². The van der Waals surface area contributed by atoms with Crippen LogP contribution in [-0.4, -0.2) is 46.0 Å². The van der Waals surface area contributed by atoms with Crippen LogP contribution in [0, 0.1) is 0 Å². The number of ether oxygens (including phenoxy) is 2. The molecule has 37 heavy (non-hydrogen) atoms. The van der Waals surface area contributed by atoms with Crippen molar-refractivity contribution in [3.8, 4) is 11.5 Å². The molecule has 0 saturated carbocycles. The van der Waals surface area contributed by atoms with Crippen molar-refractivity contribution in [2.75, 3.05) is 25.7 Å². The number of H-pyrrole nitrogens is 1. The highest BCUT2D eigenvalue weighted by Gasteiger charge is 2.34. The maximum absolute atomic E-state index is 13.6. The molecule has 1 unspecified atom stereocenters. The second-order valence-corrected chi connectivity index (χ2v) is 9.02. The van der Waals surface area contributed by atoms with Gasteiger partial charge in [-0.1, -0.05) is 30.3 Å². The van der Waals surface area contributed by atoms with Gasteiger partial charge in [-0.15, -0.1) is 5.10 Å². The number of pyridine rings is 1. The number of fused-ring (bicyclic) bond motifs is 2. The summed E-state index contributed by atoms with van der Waals surface area (Å²) in [4.78, 5) is 18.8. The predicted octanol–water partition coefficient (Wildman–Crippen LogP) is 3.73. The van der Waals surface area contributed by atoms with Gasteiger partial charge >= 0.3 is 0 Å². The number of aromatic nitrogens is 5. The third-order valence-corrected chi connectivity index (χ3v) is 6.91. The first-order valence-corrected chi connectivity index (χ1v) is 12.1. The van der Waals surface area contributed by atoms with Gasteiger partial charge in [0.15, 0.2) is 5.82 Å². The molecule has 3 aromatic carbocycles. The molecule has 9 nitrogen and oxygen atoms in total. The van der Waals surface area contributed by atoms with Gasteiger partial charge in [-0.05, 0) is 69.8 Å². The fourth-order valence-corrected chi connectivity index (χ4v) is 5.03. The normalized spacial score (nSPS) is 13.5. The van der Waals surface area contributed by atoms with Crippen molar-refractivity contribution in [2.24, 2.45) is 0 Å². The van der Waals surface area contributed by atoms with Crippen LogP contribution >= 0.6 is 0 Å². The molecule has 0 saturated heterocycles. The van der Waals surface area contributed by atoms with Gasteiger partial charge in [-0.3, -0.25) is 4.79 Å². The van der Waals surface area contributed by atoms with E-state index in [1.807, 2.05) is 60.7 Å². The van der Waals surface area contributed by atoms with Crippen LogP contribution in [0.4, 0.5) is 5.69 Å². The zero-order valence-corrected chi connectivity index (χ0v) is 20.6. The number of nitrogens with zero attached hydrogens (tertiary/aromatic N) is 5. The minimum atomic E-state index is -0.479. The quantitative estimate of drug-likeness (QED) is 0.368. The Morgan fingerprint density at radius 3 is 2.57 bits per heavy atom. The summed E-state index contributed by atoms with van der Waals surface area (Å²) in [6, 6.07) is 23.2. The van der Waals surface area contributed by atoms with Crippen molar-refractivity contribution in [3.05, 3.63) is 106 Å². The lowest BCUT2D eigenvalue weighted by atomic mass is 10.0. The highest BCUT2D eigenvalue weighted by molar-refractivity contribution is 5.81. The summed E-state index contributed by atoms with van der Waals surface area (Å²) in [7, 11) is 3.25. The van der Waals surface area contributed by atoms with E-state index in [9.17, 15) is 4.79 Å². The Morgan fingerprint density at radius 1 is 0.973 bits per heavy atom. The fraction of sp³-hybridized carbons (Fsp3) is 0.214. The van der Waals surface area contributed by atoms with Crippen LogP contribution in [0.25, 0.3) is 10.9 Å². The van der Waals surface area contributed by atoms with E-state index in [2.05, 4.69) is 37.5 Å². The van der Waals surface area contributed by atoms with Gasteiger partial charge < -0.3 is 19.4 Å². The number of hydrogen-bond acceptors (Lipinski definition) is 7. The van der Waals surface area contributed by atoms with Crippen LogP contribution in [-0.2, 0) is 13.0 Å². The van der Waals surface area contributed by atoms with E-state index in [1.165, 1.54) is 5.56 Å². The maximum Gasteiger partial charge on any atom is 0.254 e. The molecule has 186 valence electrons. The number of benzene rings is 3. The first kappa shape index (κ1) is 22.8. The molecule has 1 aliphatic heterocycles. The lowest BCUT2D eigenvalue weighted by molar-refractivity contribution is 0.414. The molecule has 0 radical (unpaired) electrons. The number of tetrazole rings is 1. The monoisotopic (exact) mass is 494 g/mol. The summed E-state index contributed by atoms with van der Waals surface area (Å²) in [6.45, 7) is 1.21. The van der Waals surface area contributed by atoms with Crippen molar-refractivity contribution in [3.63, 3.8) is 0 Å². The summed E-state index contributed by atoms with van der Waals surface area (Å²) in [6.07, 6.45) is 0.884. The molecule has 0 spiro atoms. The lowest BCUT2D eigenvalue weighted by Gasteiger charge is -2.29. The van der Waals surface area contributed by atoms with Gasteiger partial charge in [0.25, 0.3) is 5.56 Å². The Bertz CT molecular complexity index is 1630. The van der Waals surface area contributed by atoms with Crippen molar-refractivity contribution in [1.82, 2.24) is 25.2 Å². The summed E-state index contributed by atoms with van der Waals surface area (Å²) in [5.41, 5.74) is 4.46. The zero-order valence-electron chi connectivity index (χ0n) is 20.6. The van der Waals surface area contributed by atoms with Gasteiger partial charge in [0.1, 0.15) is 17.5 Å². The molecule has 2 aromatic heterocycles.